The first-order chi connectivity index (χ1) is 18.9. The Kier molecular flexibility index (Phi) is 6.56. The predicted molar refractivity (Wildman–Crippen MR) is 152 cm³/mol. The minimum Gasteiger partial charge on any atom is -0.393 e. The zero-order valence-electron chi connectivity index (χ0n) is 23.2. The molecule has 6 nitrogen and oxygen atoms in total. The molecular weight excluding hydrogens is 506 g/mol. The molecule has 3 heterocycles. The lowest BCUT2D eigenvalue weighted by molar-refractivity contribution is -0.140. The van der Waals surface area contributed by atoms with Gasteiger partial charge in [0.2, 0.25) is 0 Å². The van der Waals surface area contributed by atoms with Crippen LogP contribution in [-0.2, 0) is 16.0 Å². The van der Waals surface area contributed by atoms with Crippen molar-refractivity contribution in [1.82, 2.24) is 14.8 Å². The van der Waals surface area contributed by atoms with E-state index in [1.54, 1.807) is 18.0 Å². The molecule has 4 aliphatic carbocycles. The van der Waals surface area contributed by atoms with Crippen LogP contribution in [-0.4, -0.2) is 50.7 Å². The number of fused-ring (bicyclic) bond motifs is 6. The number of nitrogens with zero attached hydrogens (tertiary/aromatic N) is 3. The van der Waals surface area contributed by atoms with Crippen LogP contribution in [0.15, 0.2) is 41.2 Å². The van der Waals surface area contributed by atoms with Crippen LogP contribution >= 0.6 is 11.8 Å². The van der Waals surface area contributed by atoms with Crippen LogP contribution in [0.5, 0.6) is 0 Å². The molecule has 3 saturated carbocycles. The second kappa shape index (κ2) is 9.85. The van der Waals surface area contributed by atoms with Gasteiger partial charge in [0.25, 0.3) is 0 Å². The molecule has 208 valence electrons. The van der Waals surface area contributed by atoms with Crippen LogP contribution in [0.4, 0.5) is 0 Å². The van der Waals surface area contributed by atoms with E-state index < -0.39 is 0 Å². The van der Waals surface area contributed by atoms with Gasteiger partial charge in [-0.2, -0.15) is 5.10 Å². The molecular formula is C32H41N3O3S. The minimum atomic E-state index is -0.381. The van der Waals surface area contributed by atoms with Crippen molar-refractivity contribution in [3.8, 4) is 0 Å². The first kappa shape index (κ1) is 26.0. The van der Waals surface area contributed by atoms with Gasteiger partial charge in [-0.25, -0.2) is 4.98 Å². The lowest BCUT2D eigenvalue weighted by atomic mass is 9.46. The third-order valence-corrected chi connectivity index (χ3v) is 12.3. The first-order valence-electron chi connectivity index (χ1n) is 15.0. The molecule has 0 radical (unpaired) electrons. The Hall–Kier alpha value is -1.96. The summed E-state index contributed by atoms with van der Waals surface area (Å²) in [5.41, 5.74) is 3.97. The van der Waals surface area contributed by atoms with Crippen molar-refractivity contribution in [2.24, 2.45) is 34.5 Å². The van der Waals surface area contributed by atoms with E-state index in [-0.39, 0.29) is 28.8 Å². The van der Waals surface area contributed by atoms with Crippen LogP contribution in [0.3, 0.4) is 0 Å². The fraction of sp³-hybridized carbons (Fsp3) is 0.656. The average Bonchev–Trinajstić information content (AvgIpc) is 3.50. The number of hydrogen-bond acceptors (Lipinski definition) is 6. The second-order valence-corrected chi connectivity index (χ2v) is 14.3. The van der Waals surface area contributed by atoms with E-state index in [0.717, 1.165) is 69.6 Å². The number of thioether (sulfide) groups is 1. The van der Waals surface area contributed by atoms with Crippen molar-refractivity contribution >= 4 is 23.6 Å². The van der Waals surface area contributed by atoms with Crippen LogP contribution in [0.25, 0.3) is 6.08 Å². The number of pyridine rings is 1. The van der Waals surface area contributed by atoms with E-state index >= 15 is 0 Å². The number of rotatable bonds is 5. The lowest BCUT2D eigenvalue weighted by Crippen LogP contribution is -2.57. The fourth-order valence-corrected chi connectivity index (χ4v) is 10.4. The lowest BCUT2D eigenvalue weighted by Gasteiger charge is -2.59. The molecule has 2 aromatic rings. The normalized spacial score (nSPS) is 37.8. The Morgan fingerprint density at radius 3 is 2.82 bits per heavy atom. The molecule has 0 aromatic carbocycles. The van der Waals surface area contributed by atoms with Crippen LogP contribution in [0.1, 0.15) is 76.1 Å². The molecule has 4 fully saturated rings. The molecule has 0 amide bonds. The Morgan fingerprint density at radius 2 is 2.03 bits per heavy atom. The summed E-state index contributed by atoms with van der Waals surface area (Å²) >= 11 is 1.55. The van der Waals surface area contributed by atoms with Gasteiger partial charge in [0, 0.05) is 25.3 Å². The molecule has 2 aromatic heterocycles. The first-order valence-corrected chi connectivity index (χ1v) is 16.0. The summed E-state index contributed by atoms with van der Waals surface area (Å²) in [6.07, 6.45) is 14.0. The number of Topliss-reactive ketones (excluding diaryl/α,β-unsaturated/α-hetero) is 1. The van der Waals surface area contributed by atoms with Gasteiger partial charge >= 0.3 is 0 Å². The molecule has 1 N–H and O–H groups in total. The molecule has 7 heteroatoms. The maximum Gasteiger partial charge on any atom is 0.146 e. The van der Waals surface area contributed by atoms with Gasteiger partial charge in [-0.15, -0.1) is 0 Å². The van der Waals surface area contributed by atoms with Crippen LogP contribution in [0, 0.1) is 34.5 Å². The van der Waals surface area contributed by atoms with Gasteiger partial charge in [-0.05, 0) is 104 Å². The summed E-state index contributed by atoms with van der Waals surface area (Å²) in [5.74, 6) is 2.06. The molecule has 7 rings (SSSR count). The monoisotopic (exact) mass is 547 g/mol. The zero-order valence-corrected chi connectivity index (χ0v) is 24.0. The highest BCUT2D eigenvalue weighted by atomic mass is 32.2. The van der Waals surface area contributed by atoms with Gasteiger partial charge in [0.05, 0.1) is 34.8 Å². The average molecular weight is 548 g/mol. The van der Waals surface area contributed by atoms with Crippen molar-refractivity contribution < 1.29 is 14.6 Å². The van der Waals surface area contributed by atoms with Crippen LogP contribution < -0.4 is 0 Å². The Labute approximate surface area is 236 Å². The number of aliphatic hydroxyl groups is 1. The van der Waals surface area contributed by atoms with Gasteiger partial charge in [0.1, 0.15) is 5.78 Å². The number of aromatic nitrogens is 3. The summed E-state index contributed by atoms with van der Waals surface area (Å²) in [6.45, 7) is 6.37. The van der Waals surface area contributed by atoms with Crippen molar-refractivity contribution in [2.75, 3.05) is 19.0 Å². The highest BCUT2D eigenvalue weighted by molar-refractivity contribution is 7.99. The van der Waals surface area contributed by atoms with E-state index in [1.165, 1.54) is 16.8 Å². The fourth-order valence-electron chi connectivity index (χ4n) is 9.63. The number of allylic oxidation sites excluding steroid dienone is 1. The number of carbonyl (C=O) groups is 1. The van der Waals surface area contributed by atoms with E-state index in [1.807, 2.05) is 18.2 Å². The summed E-state index contributed by atoms with van der Waals surface area (Å²) < 4.78 is 7.87. The van der Waals surface area contributed by atoms with Gasteiger partial charge in [-0.3, -0.25) is 9.48 Å². The van der Waals surface area contributed by atoms with Crippen LogP contribution in [0.2, 0.25) is 0 Å². The smallest absolute Gasteiger partial charge is 0.146 e. The quantitative estimate of drug-likeness (QED) is 0.480. The molecule has 1 aliphatic heterocycles. The van der Waals surface area contributed by atoms with Crippen molar-refractivity contribution in [3.63, 3.8) is 0 Å². The second-order valence-electron chi connectivity index (χ2n) is 13.3. The standard InChI is InChI=1S/C32H41N3O3S/c1-31-16-20-18-34-35(22-10-13-38-14-11-22)26(20)15-21(31)6-7-23-24-8-9-25(32(24,2)17-27(36)30(23)31)28(37)19-39-29-5-3-4-12-33-29/h3-5,12,15,18,22-25,27,30,36H,6-11,13-14,16-17,19H2,1-2H3. The molecule has 0 spiro atoms. The van der Waals surface area contributed by atoms with Gasteiger partial charge in [0.15, 0.2) is 0 Å². The predicted octanol–water partition coefficient (Wildman–Crippen LogP) is 5.76. The summed E-state index contributed by atoms with van der Waals surface area (Å²) in [4.78, 5) is 17.9. The largest absolute Gasteiger partial charge is 0.393 e. The summed E-state index contributed by atoms with van der Waals surface area (Å²) in [5, 5.41) is 17.7. The molecule has 7 unspecified atom stereocenters. The number of ketones is 1. The maximum absolute atomic E-state index is 13.6. The van der Waals surface area contributed by atoms with E-state index in [4.69, 9.17) is 9.84 Å². The summed E-state index contributed by atoms with van der Waals surface area (Å²) in [6, 6.07) is 6.28. The van der Waals surface area contributed by atoms with Crippen molar-refractivity contribution in [1.29, 1.82) is 0 Å². The number of aliphatic hydroxyl groups excluding tert-OH is 1. The highest BCUT2D eigenvalue weighted by Crippen LogP contribution is 2.66. The zero-order chi connectivity index (χ0) is 26.8. The van der Waals surface area contributed by atoms with Crippen molar-refractivity contribution in [2.45, 2.75) is 82.4 Å². The highest BCUT2D eigenvalue weighted by Gasteiger charge is 2.63. The van der Waals surface area contributed by atoms with E-state index in [0.29, 0.717) is 29.4 Å². The molecule has 5 aliphatic rings. The molecule has 1 saturated heterocycles. The topological polar surface area (TPSA) is 77.2 Å². The number of hydrogen-bond donors (Lipinski definition) is 1. The molecule has 7 atom stereocenters. The summed E-state index contributed by atoms with van der Waals surface area (Å²) in [7, 11) is 0. The Bertz CT molecular complexity index is 1270. The van der Waals surface area contributed by atoms with Gasteiger partial charge in [-0.1, -0.05) is 37.2 Å². The third-order valence-electron chi connectivity index (χ3n) is 11.4. The molecule has 39 heavy (non-hydrogen) atoms. The third kappa shape index (κ3) is 4.17. The number of carbonyl (C=O) groups excluding carboxylic acids is 1. The van der Waals surface area contributed by atoms with Gasteiger partial charge < -0.3 is 9.84 Å². The minimum absolute atomic E-state index is 0.0368. The molecule has 0 bridgehead atoms. The van der Waals surface area contributed by atoms with Crippen molar-refractivity contribution in [3.05, 3.63) is 47.4 Å². The Balaban J connectivity index is 1.12. The number of ether oxygens (including phenoxy) is 1. The van der Waals surface area contributed by atoms with E-state index in [9.17, 15) is 9.90 Å². The maximum atomic E-state index is 13.6. The SMILES string of the molecule is CC12Cc3cnn(C4CCOCC4)c3C=C1CCC1C2C(O)CC2(C)C(C(=O)CSc3ccccn3)CCC12. The van der Waals surface area contributed by atoms with E-state index in [2.05, 4.69) is 35.8 Å². The Morgan fingerprint density at radius 1 is 1.18 bits per heavy atom.